The molecule has 0 spiro atoms. The summed E-state index contributed by atoms with van der Waals surface area (Å²) in [4.78, 5) is 0. The van der Waals surface area contributed by atoms with Gasteiger partial charge < -0.3 is 4.43 Å². The van der Waals surface area contributed by atoms with Gasteiger partial charge in [-0.2, -0.15) is 0 Å². The molecule has 0 aromatic rings. The molecule has 0 heterocycles. The zero-order valence-electron chi connectivity index (χ0n) is 11.0. The Morgan fingerprint density at radius 2 is 2.00 bits per heavy atom. The molecule has 0 radical (unpaired) electrons. The maximum Gasteiger partial charge on any atom is 0.146 e. The Labute approximate surface area is 98.8 Å². The number of hydrogen-bond acceptors (Lipinski definition) is 1. The molecule has 0 bridgehead atoms. The third-order valence-corrected chi connectivity index (χ3v) is 4.26. The van der Waals surface area contributed by atoms with Gasteiger partial charge in [0.05, 0.1) is 5.60 Å². The Balaban J connectivity index is 4.72. The summed E-state index contributed by atoms with van der Waals surface area (Å²) in [6.07, 6.45) is 9.20. The molecule has 0 amide bonds. The molecule has 2 atom stereocenters. The van der Waals surface area contributed by atoms with Gasteiger partial charge in [0, 0.05) is 0 Å². The van der Waals surface area contributed by atoms with Gasteiger partial charge in [0.15, 0.2) is 0 Å². The highest BCUT2D eigenvalue weighted by Crippen LogP contribution is 2.35. The van der Waals surface area contributed by atoms with Gasteiger partial charge in [-0.05, 0) is 25.2 Å². The maximum absolute atomic E-state index is 5.99. The quantitative estimate of drug-likeness (QED) is 0.435. The zero-order chi connectivity index (χ0) is 11.7. The molecule has 0 aromatic carbocycles. The van der Waals surface area contributed by atoms with Gasteiger partial charge >= 0.3 is 0 Å². The first-order valence-corrected chi connectivity index (χ1v) is 7.18. The Hall–Kier alpha value is -0.0831. The topological polar surface area (TPSA) is 9.23 Å². The van der Waals surface area contributed by atoms with E-state index >= 15 is 0 Å². The molecule has 0 saturated heterocycles. The summed E-state index contributed by atoms with van der Waals surface area (Å²) in [5.41, 5.74) is 0.105. The lowest BCUT2D eigenvalue weighted by atomic mass is 9.77. The summed E-state index contributed by atoms with van der Waals surface area (Å²) in [5, 5.41) is 0. The predicted molar refractivity (Wildman–Crippen MR) is 72.2 cm³/mol. The van der Waals surface area contributed by atoms with Crippen LogP contribution in [0.25, 0.3) is 0 Å². The summed E-state index contributed by atoms with van der Waals surface area (Å²) in [6.45, 7) is 10.7. The van der Waals surface area contributed by atoms with Crippen LogP contribution in [0, 0.1) is 5.92 Å². The van der Waals surface area contributed by atoms with Crippen LogP contribution in [0.3, 0.4) is 0 Å². The lowest BCUT2D eigenvalue weighted by Crippen LogP contribution is -2.39. The third kappa shape index (κ3) is 4.11. The van der Waals surface area contributed by atoms with E-state index in [1.807, 2.05) is 6.08 Å². The second kappa shape index (κ2) is 8.11. The molecule has 2 heteroatoms. The Morgan fingerprint density at radius 1 is 1.33 bits per heavy atom. The molecule has 15 heavy (non-hydrogen) atoms. The van der Waals surface area contributed by atoms with Crippen molar-refractivity contribution >= 4 is 10.5 Å². The van der Waals surface area contributed by atoms with E-state index in [1.54, 1.807) is 0 Å². The van der Waals surface area contributed by atoms with Crippen molar-refractivity contribution in [2.75, 3.05) is 0 Å². The molecule has 0 aliphatic heterocycles. The second-order valence-electron chi connectivity index (χ2n) is 4.41. The average Bonchev–Trinajstić information content (AvgIpc) is 2.25. The molecule has 0 N–H and O–H groups in total. The predicted octanol–water partition coefficient (Wildman–Crippen LogP) is 3.22. The fourth-order valence-electron chi connectivity index (χ4n) is 2.68. The highest BCUT2D eigenvalue weighted by molar-refractivity contribution is 5.98. The third-order valence-electron chi connectivity index (χ3n) is 3.44. The SMILES string of the molecule is C=CCC(CCC)(O[SiH3])C(CC)CCC. The molecular formula is C13H28OSi. The Morgan fingerprint density at radius 3 is 2.33 bits per heavy atom. The van der Waals surface area contributed by atoms with E-state index in [0.29, 0.717) is 5.92 Å². The summed E-state index contributed by atoms with van der Waals surface area (Å²) in [7, 11) is 0.836. The van der Waals surface area contributed by atoms with Gasteiger partial charge in [-0.1, -0.05) is 46.1 Å². The van der Waals surface area contributed by atoms with Crippen molar-refractivity contribution < 1.29 is 4.43 Å². The number of hydrogen-bond donors (Lipinski definition) is 0. The first kappa shape index (κ1) is 14.9. The smallest absolute Gasteiger partial charge is 0.146 e. The lowest BCUT2D eigenvalue weighted by Gasteiger charge is -2.40. The zero-order valence-corrected chi connectivity index (χ0v) is 13.0. The van der Waals surface area contributed by atoms with E-state index in [4.69, 9.17) is 4.43 Å². The molecule has 0 fully saturated rings. The Kier molecular flexibility index (Phi) is 8.07. The van der Waals surface area contributed by atoms with Crippen molar-refractivity contribution in [1.29, 1.82) is 0 Å². The average molecular weight is 228 g/mol. The first-order chi connectivity index (χ1) is 7.20. The summed E-state index contributed by atoms with van der Waals surface area (Å²) >= 11 is 0. The van der Waals surface area contributed by atoms with E-state index in [2.05, 4.69) is 27.4 Å². The normalized spacial score (nSPS) is 17.3. The van der Waals surface area contributed by atoms with Crippen LogP contribution in [0.2, 0.25) is 0 Å². The minimum atomic E-state index is 0.105. The highest BCUT2D eigenvalue weighted by Gasteiger charge is 2.34. The fraction of sp³-hybridized carbons (Fsp3) is 0.846. The summed E-state index contributed by atoms with van der Waals surface area (Å²) in [6, 6.07) is 0. The monoisotopic (exact) mass is 228 g/mol. The van der Waals surface area contributed by atoms with Gasteiger partial charge in [0.25, 0.3) is 0 Å². The summed E-state index contributed by atoms with van der Waals surface area (Å²) in [5.74, 6) is 0.706. The van der Waals surface area contributed by atoms with Crippen molar-refractivity contribution in [1.82, 2.24) is 0 Å². The first-order valence-electron chi connectivity index (χ1n) is 6.36. The molecule has 0 rings (SSSR count). The molecule has 90 valence electrons. The van der Waals surface area contributed by atoms with Gasteiger partial charge in [-0.3, -0.25) is 0 Å². The molecule has 0 aromatic heterocycles. The summed E-state index contributed by atoms with van der Waals surface area (Å²) < 4.78 is 5.99. The fourth-order valence-corrected chi connectivity index (χ4v) is 3.38. The molecular weight excluding hydrogens is 200 g/mol. The minimum Gasteiger partial charge on any atom is -0.422 e. The number of rotatable bonds is 9. The highest BCUT2D eigenvalue weighted by atomic mass is 28.2. The lowest BCUT2D eigenvalue weighted by molar-refractivity contribution is 0.00253. The van der Waals surface area contributed by atoms with Crippen molar-refractivity contribution in [2.24, 2.45) is 5.92 Å². The minimum absolute atomic E-state index is 0.105. The Bertz CT molecular complexity index is 170. The van der Waals surface area contributed by atoms with E-state index < -0.39 is 0 Å². The van der Waals surface area contributed by atoms with E-state index in [0.717, 1.165) is 16.9 Å². The van der Waals surface area contributed by atoms with Crippen LogP contribution in [-0.4, -0.2) is 16.1 Å². The van der Waals surface area contributed by atoms with Gasteiger partial charge in [0.2, 0.25) is 0 Å². The van der Waals surface area contributed by atoms with Gasteiger partial charge in [-0.25, -0.2) is 0 Å². The molecule has 1 nitrogen and oxygen atoms in total. The van der Waals surface area contributed by atoms with Crippen LogP contribution < -0.4 is 0 Å². The van der Waals surface area contributed by atoms with E-state index in [-0.39, 0.29) is 5.60 Å². The van der Waals surface area contributed by atoms with Crippen LogP contribution in [-0.2, 0) is 4.43 Å². The van der Waals surface area contributed by atoms with Crippen molar-refractivity contribution in [3.8, 4) is 0 Å². The van der Waals surface area contributed by atoms with Crippen LogP contribution in [0.15, 0.2) is 12.7 Å². The van der Waals surface area contributed by atoms with Crippen LogP contribution in [0.4, 0.5) is 0 Å². The van der Waals surface area contributed by atoms with E-state index in [9.17, 15) is 0 Å². The standard InChI is InChI=1S/C13H28OSi/c1-5-9-12(8-4)13(14-15,10-6-2)11-7-3/h6,12H,2,5,7-11H2,1,3-4,15H3. The maximum atomic E-state index is 5.99. The molecule has 2 unspecified atom stereocenters. The van der Waals surface area contributed by atoms with Gasteiger partial charge in [-0.15, -0.1) is 6.58 Å². The second-order valence-corrected chi connectivity index (χ2v) is 4.81. The van der Waals surface area contributed by atoms with Crippen LogP contribution >= 0.6 is 0 Å². The van der Waals surface area contributed by atoms with Crippen molar-refractivity contribution in [2.45, 2.75) is 64.9 Å². The largest absolute Gasteiger partial charge is 0.422 e. The molecule has 0 aliphatic rings. The van der Waals surface area contributed by atoms with E-state index in [1.165, 1.54) is 32.1 Å². The van der Waals surface area contributed by atoms with Crippen molar-refractivity contribution in [3.63, 3.8) is 0 Å². The van der Waals surface area contributed by atoms with Crippen molar-refractivity contribution in [3.05, 3.63) is 12.7 Å². The molecule has 0 saturated carbocycles. The van der Waals surface area contributed by atoms with Gasteiger partial charge in [0.1, 0.15) is 10.5 Å². The van der Waals surface area contributed by atoms with Crippen LogP contribution in [0.1, 0.15) is 59.3 Å². The molecule has 0 aliphatic carbocycles. The van der Waals surface area contributed by atoms with Crippen LogP contribution in [0.5, 0.6) is 0 Å².